The first-order valence-electron chi connectivity index (χ1n) is 8.00. The summed E-state index contributed by atoms with van der Waals surface area (Å²) in [5.74, 6) is 0.856. The van der Waals surface area contributed by atoms with E-state index < -0.39 is 0 Å². The molecule has 1 aromatic heterocycles. The van der Waals surface area contributed by atoms with E-state index >= 15 is 0 Å². The number of aryl methyl sites for hydroxylation is 2. The first kappa shape index (κ1) is 14.6. The molecule has 2 rings (SSSR count). The van der Waals surface area contributed by atoms with Gasteiger partial charge in [0.05, 0.1) is 6.20 Å². The first-order chi connectivity index (χ1) is 9.29. The van der Waals surface area contributed by atoms with Crippen molar-refractivity contribution in [2.24, 2.45) is 13.0 Å². The summed E-state index contributed by atoms with van der Waals surface area (Å²) in [6.45, 7) is 3.43. The van der Waals surface area contributed by atoms with Gasteiger partial charge >= 0.3 is 0 Å². The summed E-state index contributed by atoms with van der Waals surface area (Å²) in [7, 11) is 2.00. The third kappa shape index (κ3) is 4.64. The van der Waals surface area contributed by atoms with E-state index in [-0.39, 0.29) is 0 Å². The van der Waals surface area contributed by atoms with Gasteiger partial charge in [-0.3, -0.25) is 4.68 Å². The number of hydrogen-bond acceptors (Lipinski definition) is 2. The molecule has 1 aliphatic carbocycles. The minimum Gasteiger partial charge on any atom is -0.314 e. The Hall–Kier alpha value is -0.830. The number of hydrogen-bond donors (Lipinski definition) is 1. The molecule has 1 aromatic rings. The zero-order valence-electron chi connectivity index (χ0n) is 12.6. The van der Waals surface area contributed by atoms with Gasteiger partial charge in [0.1, 0.15) is 0 Å². The molecule has 0 radical (unpaired) electrons. The van der Waals surface area contributed by atoms with Gasteiger partial charge in [-0.2, -0.15) is 5.10 Å². The van der Waals surface area contributed by atoms with E-state index in [0.29, 0.717) is 0 Å². The highest BCUT2D eigenvalue weighted by Crippen LogP contribution is 2.27. The van der Waals surface area contributed by atoms with Crippen molar-refractivity contribution in [1.29, 1.82) is 0 Å². The van der Waals surface area contributed by atoms with Crippen molar-refractivity contribution in [2.45, 2.75) is 64.3 Å². The standard InChI is InChI=1S/C16H29N3/c1-3-11-17-16-8-6-4-5-7-15(16)10-9-14-12-18-19(2)13-14/h12-13,15-17H,3-11H2,1-2H3. The fraction of sp³-hybridized carbons (Fsp3) is 0.812. The van der Waals surface area contributed by atoms with Crippen LogP contribution in [0, 0.1) is 5.92 Å². The van der Waals surface area contributed by atoms with Gasteiger partial charge in [-0.1, -0.05) is 26.2 Å². The van der Waals surface area contributed by atoms with Crippen LogP contribution in [0.3, 0.4) is 0 Å². The molecule has 0 saturated heterocycles. The van der Waals surface area contributed by atoms with Gasteiger partial charge in [-0.05, 0) is 50.1 Å². The lowest BCUT2D eigenvalue weighted by Crippen LogP contribution is -2.36. The highest BCUT2D eigenvalue weighted by Gasteiger charge is 2.22. The van der Waals surface area contributed by atoms with E-state index in [1.54, 1.807) is 0 Å². The van der Waals surface area contributed by atoms with Gasteiger partial charge in [0.2, 0.25) is 0 Å². The molecule has 3 heteroatoms. The number of nitrogens with zero attached hydrogens (tertiary/aromatic N) is 2. The summed E-state index contributed by atoms with van der Waals surface area (Å²) in [6.07, 6.45) is 14.9. The molecule has 1 N–H and O–H groups in total. The number of rotatable bonds is 6. The SMILES string of the molecule is CCCNC1CCCCCC1CCc1cnn(C)c1. The maximum Gasteiger partial charge on any atom is 0.0521 e. The fourth-order valence-corrected chi connectivity index (χ4v) is 3.28. The van der Waals surface area contributed by atoms with Gasteiger partial charge in [0.15, 0.2) is 0 Å². The van der Waals surface area contributed by atoms with E-state index in [1.807, 2.05) is 17.9 Å². The Labute approximate surface area is 117 Å². The summed E-state index contributed by atoms with van der Waals surface area (Å²) >= 11 is 0. The highest BCUT2D eigenvalue weighted by atomic mass is 15.2. The predicted molar refractivity (Wildman–Crippen MR) is 80.2 cm³/mol. The second-order valence-corrected chi connectivity index (χ2v) is 6.02. The maximum absolute atomic E-state index is 4.27. The molecule has 1 saturated carbocycles. The van der Waals surface area contributed by atoms with Gasteiger partial charge < -0.3 is 5.32 Å². The van der Waals surface area contributed by atoms with Crippen molar-refractivity contribution in [3.63, 3.8) is 0 Å². The number of aromatic nitrogens is 2. The Morgan fingerprint density at radius 1 is 1.32 bits per heavy atom. The monoisotopic (exact) mass is 263 g/mol. The lowest BCUT2D eigenvalue weighted by Gasteiger charge is -2.26. The molecule has 19 heavy (non-hydrogen) atoms. The molecule has 3 nitrogen and oxygen atoms in total. The van der Waals surface area contributed by atoms with Crippen LogP contribution < -0.4 is 5.32 Å². The Balaban J connectivity index is 1.86. The molecule has 0 aliphatic heterocycles. The van der Waals surface area contributed by atoms with Gasteiger partial charge in [-0.15, -0.1) is 0 Å². The summed E-state index contributed by atoms with van der Waals surface area (Å²) < 4.78 is 1.91. The first-order valence-corrected chi connectivity index (χ1v) is 8.00. The third-order valence-electron chi connectivity index (χ3n) is 4.38. The van der Waals surface area contributed by atoms with E-state index in [0.717, 1.165) is 12.0 Å². The average molecular weight is 263 g/mol. The molecule has 1 heterocycles. The Morgan fingerprint density at radius 3 is 2.89 bits per heavy atom. The summed E-state index contributed by atoms with van der Waals surface area (Å²) in [6, 6.07) is 0.749. The van der Waals surface area contributed by atoms with Crippen LogP contribution in [0.5, 0.6) is 0 Å². The van der Waals surface area contributed by atoms with E-state index in [2.05, 4.69) is 23.5 Å². The Morgan fingerprint density at radius 2 is 2.16 bits per heavy atom. The van der Waals surface area contributed by atoms with Crippen molar-refractivity contribution in [2.75, 3.05) is 6.54 Å². The van der Waals surface area contributed by atoms with Crippen LogP contribution in [0.1, 0.15) is 57.4 Å². The Bertz CT molecular complexity index is 359. The largest absolute Gasteiger partial charge is 0.314 e. The summed E-state index contributed by atoms with van der Waals surface area (Å²) in [5.41, 5.74) is 1.39. The van der Waals surface area contributed by atoms with Crippen LogP contribution in [0.15, 0.2) is 12.4 Å². The normalized spacial score (nSPS) is 24.3. The second-order valence-electron chi connectivity index (χ2n) is 6.02. The third-order valence-corrected chi connectivity index (χ3v) is 4.38. The highest BCUT2D eigenvalue weighted by molar-refractivity contribution is 5.04. The summed E-state index contributed by atoms with van der Waals surface area (Å²) in [5, 5.41) is 8.05. The lowest BCUT2D eigenvalue weighted by atomic mass is 9.89. The molecule has 0 aromatic carbocycles. The number of nitrogens with one attached hydrogen (secondary N) is 1. The molecular formula is C16H29N3. The van der Waals surface area contributed by atoms with E-state index in [1.165, 1.54) is 63.5 Å². The average Bonchev–Trinajstić information content (AvgIpc) is 2.70. The van der Waals surface area contributed by atoms with Crippen LogP contribution in [0.2, 0.25) is 0 Å². The molecule has 1 aliphatic rings. The summed E-state index contributed by atoms with van der Waals surface area (Å²) in [4.78, 5) is 0. The van der Waals surface area contributed by atoms with Crippen molar-refractivity contribution in [1.82, 2.24) is 15.1 Å². The smallest absolute Gasteiger partial charge is 0.0521 e. The van der Waals surface area contributed by atoms with Crippen LogP contribution in [0.4, 0.5) is 0 Å². The molecule has 108 valence electrons. The zero-order chi connectivity index (χ0) is 13.5. The molecular weight excluding hydrogens is 234 g/mol. The van der Waals surface area contributed by atoms with Gasteiger partial charge in [0.25, 0.3) is 0 Å². The predicted octanol–water partition coefficient (Wildman–Crippen LogP) is 3.30. The van der Waals surface area contributed by atoms with Crippen LogP contribution in [0.25, 0.3) is 0 Å². The van der Waals surface area contributed by atoms with Gasteiger partial charge in [-0.25, -0.2) is 0 Å². The Kier molecular flexibility index (Phi) is 5.90. The molecule has 2 atom stereocenters. The van der Waals surface area contributed by atoms with Crippen LogP contribution in [-0.2, 0) is 13.5 Å². The van der Waals surface area contributed by atoms with Crippen LogP contribution >= 0.6 is 0 Å². The maximum atomic E-state index is 4.27. The van der Waals surface area contributed by atoms with E-state index in [9.17, 15) is 0 Å². The van der Waals surface area contributed by atoms with E-state index in [4.69, 9.17) is 0 Å². The molecule has 0 amide bonds. The molecule has 0 spiro atoms. The lowest BCUT2D eigenvalue weighted by molar-refractivity contribution is 0.317. The van der Waals surface area contributed by atoms with Crippen LogP contribution in [-0.4, -0.2) is 22.4 Å². The topological polar surface area (TPSA) is 29.9 Å². The van der Waals surface area contributed by atoms with Crippen molar-refractivity contribution < 1.29 is 0 Å². The zero-order valence-corrected chi connectivity index (χ0v) is 12.6. The van der Waals surface area contributed by atoms with Crippen molar-refractivity contribution >= 4 is 0 Å². The molecule has 2 unspecified atom stereocenters. The van der Waals surface area contributed by atoms with Crippen molar-refractivity contribution in [3.8, 4) is 0 Å². The minimum atomic E-state index is 0.749. The van der Waals surface area contributed by atoms with Gasteiger partial charge in [0, 0.05) is 19.3 Å². The van der Waals surface area contributed by atoms with Crippen molar-refractivity contribution in [3.05, 3.63) is 18.0 Å². The quantitative estimate of drug-likeness (QED) is 0.798. The molecule has 1 fully saturated rings. The second kappa shape index (κ2) is 7.68. The minimum absolute atomic E-state index is 0.749. The molecule has 0 bridgehead atoms. The fourth-order valence-electron chi connectivity index (χ4n) is 3.28.